The average Bonchev–Trinajstić information content (AvgIpc) is 2.37. The van der Waals surface area contributed by atoms with Crippen LogP contribution in [0.1, 0.15) is 18.5 Å². The Bertz CT molecular complexity index is 523. The molecule has 0 radical (unpaired) electrons. The minimum Gasteiger partial charge on any atom is -0.505 e. The highest BCUT2D eigenvalue weighted by molar-refractivity contribution is 6.37. The Morgan fingerprint density at radius 3 is 2.28 bits per heavy atom. The molecular formula is C13H12Cl2N2O. The van der Waals surface area contributed by atoms with Gasteiger partial charge < -0.3 is 10.4 Å². The largest absolute Gasteiger partial charge is 0.505 e. The van der Waals surface area contributed by atoms with E-state index in [0.717, 1.165) is 11.3 Å². The van der Waals surface area contributed by atoms with Gasteiger partial charge in [0.25, 0.3) is 0 Å². The van der Waals surface area contributed by atoms with Crippen LogP contribution in [0, 0.1) is 0 Å². The molecule has 2 rings (SSSR count). The highest BCUT2D eigenvalue weighted by atomic mass is 35.5. The first-order valence-corrected chi connectivity index (χ1v) is 6.18. The van der Waals surface area contributed by atoms with Crippen molar-refractivity contribution >= 4 is 28.9 Å². The molecule has 0 fully saturated rings. The summed E-state index contributed by atoms with van der Waals surface area (Å²) in [5.41, 5.74) is 1.86. The van der Waals surface area contributed by atoms with Gasteiger partial charge in [-0.3, -0.25) is 4.98 Å². The van der Waals surface area contributed by atoms with Crippen molar-refractivity contribution in [2.45, 2.75) is 13.0 Å². The number of aromatic hydroxyl groups is 1. The van der Waals surface area contributed by atoms with Crippen LogP contribution in [0.25, 0.3) is 0 Å². The predicted octanol–water partition coefficient (Wildman–Crippen LogP) is 4.27. The van der Waals surface area contributed by atoms with Gasteiger partial charge in [0.1, 0.15) is 0 Å². The topological polar surface area (TPSA) is 45.1 Å². The molecule has 0 aliphatic carbocycles. The van der Waals surface area contributed by atoms with Crippen LogP contribution in [0.5, 0.6) is 5.75 Å². The van der Waals surface area contributed by atoms with Crippen molar-refractivity contribution in [3.8, 4) is 5.75 Å². The SMILES string of the molecule is CC(Nc1cc(Cl)c(O)c(Cl)c1)c1ccncc1. The summed E-state index contributed by atoms with van der Waals surface area (Å²) in [6, 6.07) is 7.23. The van der Waals surface area contributed by atoms with Crippen LogP contribution in [0.4, 0.5) is 5.69 Å². The lowest BCUT2D eigenvalue weighted by molar-refractivity contribution is 0.476. The van der Waals surface area contributed by atoms with E-state index in [1.807, 2.05) is 19.1 Å². The van der Waals surface area contributed by atoms with Crippen molar-refractivity contribution in [1.82, 2.24) is 4.98 Å². The van der Waals surface area contributed by atoms with Gasteiger partial charge in [0.2, 0.25) is 0 Å². The molecule has 0 aliphatic heterocycles. The van der Waals surface area contributed by atoms with Gasteiger partial charge in [0.05, 0.1) is 10.0 Å². The quantitative estimate of drug-likeness (QED) is 0.827. The highest BCUT2D eigenvalue weighted by Gasteiger charge is 2.09. The van der Waals surface area contributed by atoms with Crippen LogP contribution in [0.15, 0.2) is 36.7 Å². The monoisotopic (exact) mass is 282 g/mol. The predicted molar refractivity (Wildman–Crippen MR) is 74.4 cm³/mol. The number of anilines is 1. The molecule has 1 atom stereocenters. The van der Waals surface area contributed by atoms with E-state index in [2.05, 4.69) is 10.3 Å². The number of rotatable bonds is 3. The van der Waals surface area contributed by atoms with E-state index in [1.54, 1.807) is 24.5 Å². The second-order valence-corrected chi connectivity index (χ2v) is 4.75. The Morgan fingerprint density at radius 1 is 1.17 bits per heavy atom. The van der Waals surface area contributed by atoms with Gasteiger partial charge in [-0.15, -0.1) is 0 Å². The number of nitrogens with one attached hydrogen (secondary N) is 1. The Morgan fingerprint density at radius 2 is 1.72 bits per heavy atom. The second-order valence-electron chi connectivity index (χ2n) is 3.94. The lowest BCUT2D eigenvalue weighted by Gasteiger charge is -2.16. The molecule has 94 valence electrons. The number of nitrogens with zero attached hydrogens (tertiary/aromatic N) is 1. The Labute approximate surface area is 115 Å². The summed E-state index contributed by atoms with van der Waals surface area (Å²) >= 11 is 11.7. The van der Waals surface area contributed by atoms with Crippen molar-refractivity contribution in [2.24, 2.45) is 0 Å². The smallest absolute Gasteiger partial charge is 0.152 e. The van der Waals surface area contributed by atoms with Gasteiger partial charge in [0, 0.05) is 24.1 Å². The van der Waals surface area contributed by atoms with Crippen molar-refractivity contribution in [1.29, 1.82) is 0 Å². The molecule has 0 saturated carbocycles. The molecule has 0 bridgehead atoms. The summed E-state index contributed by atoms with van der Waals surface area (Å²) in [6.07, 6.45) is 3.48. The van der Waals surface area contributed by atoms with Crippen LogP contribution in [-0.4, -0.2) is 10.1 Å². The third-order valence-corrected chi connectivity index (χ3v) is 3.18. The summed E-state index contributed by atoms with van der Waals surface area (Å²) in [4.78, 5) is 3.97. The van der Waals surface area contributed by atoms with E-state index in [1.165, 1.54) is 0 Å². The van der Waals surface area contributed by atoms with Gasteiger partial charge in [-0.25, -0.2) is 0 Å². The van der Waals surface area contributed by atoms with Crippen molar-refractivity contribution in [2.75, 3.05) is 5.32 Å². The van der Waals surface area contributed by atoms with Gasteiger partial charge in [0.15, 0.2) is 5.75 Å². The van der Waals surface area contributed by atoms with Crippen LogP contribution in [-0.2, 0) is 0 Å². The van der Waals surface area contributed by atoms with Crippen molar-refractivity contribution < 1.29 is 5.11 Å². The molecule has 0 aliphatic rings. The van der Waals surface area contributed by atoms with Crippen LogP contribution >= 0.6 is 23.2 Å². The Balaban J connectivity index is 2.20. The Hall–Kier alpha value is -1.45. The fourth-order valence-corrected chi connectivity index (χ4v) is 2.12. The third kappa shape index (κ3) is 2.86. The van der Waals surface area contributed by atoms with Crippen LogP contribution in [0.3, 0.4) is 0 Å². The molecule has 0 spiro atoms. The summed E-state index contributed by atoms with van der Waals surface area (Å²) in [6.45, 7) is 2.02. The second kappa shape index (κ2) is 5.46. The summed E-state index contributed by atoms with van der Waals surface area (Å²) < 4.78 is 0. The maximum atomic E-state index is 9.48. The molecule has 2 aromatic rings. The molecule has 3 nitrogen and oxygen atoms in total. The Kier molecular flexibility index (Phi) is 3.94. The molecule has 0 saturated heterocycles. The molecule has 1 aromatic carbocycles. The van der Waals surface area contributed by atoms with Gasteiger partial charge in [-0.05, 0) is 36.8 Å². The summed E-state index contributed by atoms with van der Waals surface area (Å²) in [5.74, 6) is -0.0968. The number of hydrogen-bond donors (Lipinski definition) is 2. The van der Waals surface area contributed by atoms with Gasteiger partial charge >= 0.3 is 0 Å². The first-order valence-electron chi connectivity index (χ1n) is 5.42. The minimum atomic E-state index is -0.0968. The maximum Gasteiger partial charge on any atom is 0.152 e. The van der Waals surface area contributed by atoms with Crippen LogP contribution < -0.4 is 5.32 Å². The standard InChI is InChI=1S/C13H12Cl2N2O/c1-8(9-2-4-16-5-3-9)17-10-6-11(14)13(18)12(15)7-10/h2-8,17-18H,1H3. The van der Waals surface area contributed by atoms with Gasteiger partial charge in [-0.2, -0.15) is 0 Å². The summed E-state index contributed by atoms with van der Waals surface area (Å²) in [7, 11) is 0. The van der Waals surface area contributed by atoms with E-state index >= 15 is 0 Å². The van der Waals surface area contributed by atoms with E-state index < -0.39 is 0 Å². The number of pyridine rings is 1. The minimum absolute atomic E-state index is 0.0877. The number of phenolic OH excluding ortho intramolecular Hbond substituents is 1. The molecular weight excluding hydrogens is 271 g/mol. The first-order chi connectivity index (χ1) is 8.58. The number of benzene rings is 1. The third-order valence-electron chi connectivity index (χ3n) is 2.61. The van der Waals surface area contributed by atoms with Gasteiger partial charge in [-0.1, -0.05) is 23.2 Å². The molecule has 0 amide bonds. The van der Waals surface area contributed by atoms with E-state index in [9.17, 15) is 5.11 Å². The number of phenols is 1. The van der Waals surface area contributed by atoms with E-state index in [0.29, 0.717) is 0 Å². The zero-order valence-corrected chi connectivity index (χ0v) is 11.2. The average molecular weight is 283 g/mol. The van der Waals surface area contributed by atoms with Crippen LogP contribution in [0.2, 0.25) is 10.0 Å². The highest BCUT2D eigenvalue weighted by Crippen LogP contribution is 2.35. The first kappa shape index (κ1) is 13.0. The molecule has 18 heavy (non-hydrogen) atoms. The lowest BCUT2D eigenvalue weighted by atomic mass is 10.1. The number of aromatic nitrogens is 1. The van der Waals surface area contributed by atoms with E-state index in [-0.39, 0.29) is 21.8 Å². The van der Waals surface area contributed by atoms with Crippen molar-refractivity contribution in [3.05, 3.63) is 52.3 Å². The number of halogens is 2. The molecule has 2 N–H and O–H groups in total. The fraction of sp³-hybridized carbons (Fsp3) is 0.154. The molecule has 1 aromatic heterocycles. The maximum absolute atomic E-state index is 9.48. The zero-order chi connectivity index (χ0) is 13.1. The normalized spacial score (nSPS) is 12.2. The lowest BCUT2D eigenvalue weighted by Crippen LogP contribution is -2.06. The molecule has 5 heteroatoms. The zero-order valence-electron chi connectivity index (χ0n) is 9.69. The number of hydrogen-bond acceptors (Lipinski definition) is 3. The molecule has 1 unspecified atom stereocenters. The molecule has 1 heterocycles. The van der Waals surface area contributed by atoms with Crippen molar-refractivity contribution in [3.63, 3.8) is 0 Å². The fourth-order valence-electron chi connectivity index (χ4n) is 1.63. The summed E-state index contributed by atoms with van der Waals surface area (Å²) in [5, 5.41) is 13.2. The van der Waals surface area contributed by atoms with E-state index in [4.69, 9.17) is 23.2 Å².